The first kappa shape index (κ1) is 22.4. The second-order valence-corrected chi connectivity index (χ2v) is 8.97. The van der Waals surface area contributed by atoms with Gasteiger partial charge in [0, 0.05) is 52.6 Å². The summed E-state index contributed by atoms with van der Waals surface area (Å²) in [6, 6.07) is 9.87. The smallest absolute Gasteiger partial charge is 0.193 e. The van der Waals surface area contributed by atoms with Crippen molar-refractivity contribution in [3.8, 4) is 5.75 Å². The van der Waals surface area contributed by atoms with Crippen LogP contribution in [0.1, 0.15) is 0 Å². The van der Waals surface area contributed by atoms with E-state index in [0.717, 1.165) is 44.4 Å². The van der Waals surface area contributed by atoms with Crippen molar-refractivity contribution in [2.75, 3.05) is 78.1 Å². The van der Waals surface area contributed by atoms with Gasteiger partial charge in [0.25, 0.3) is 0 Å². The summed E-state index contributed by atoms with van der Waals surface area (Å²) < 4.78 is 33.2. The minimum Gasteiger partial charge on any atom is -0.492 e. The minimum atomic E-state index is -2.97. The quantitative estimate of drug-likeness (QED) is 0.337. The largest absolute Gasteiger partial charge is 0.492 e. The Balaban J connectivity index is 1.58. The average Bonchev–Trinajstić information content (AvgIpc) is 2.68. The van der Waals surface area contributed by atoms with E-state index in [9.17, 15) is 8.42 Å². The first-order chi connectivity index (χ1) is 13.5. The van der Waals surface area contributed by atoms with Gasteiger partial charge in [0.2, 0.25) is 0 Å². The van der Waals surface area contributed by atoms with E-state index in [1.165, 1.54) is 6.26 Å². The molecule has 1 saturated heterocycles. The lowest BCUT2D eigenvalue weighted by molar-refractivity contribution is 0.145. The molecule has 1 heterocycles. The van der Waals surface area contributed by atoms with E-state index in [1.807, 2.05) is 30.3 Å². The fraction of sp³-hybridized carbons (Fsp3) is 0.632. The molecule has 0 saturated carbocycles. The molecule has 0 radical (unpaired) electrons. The Morgan fingerprint density at radius 1 is 1.11 bits per heavy atom. The predicted molar refractivity (Wildman–Crippen MR) is 112 cm³/mol. The van der Waals surface area contributed by atoms with E-state index in [1.54, 1.807) is 7.05 Å². The second-order valence-electron chi connectivity index (χ2n) is 6.71. The number of ether oxygens (including phenoxy) is 2. The molecule has 1 aliphatic heterocycles. The van der Waals surface area contributed by atoms with Crippen molar-refractivity contribution in [1.82, 2.24) is 15.1 Å². The molecule has 1 aliphatic rings. The lowest BCUT2D eigenvalue weighted by atomic mass is 10.3. The molecule has 8 nitrogen and oxygen atoms in total. The van der Waals surface area contributed by atoms with E-state index in [0.29, 0.717) is 19.8 Å². The van der Waals surface area contributed by atoms with Gasteiger partial charge < -0.3 is 19.7 Å². The Labute approximate surface area is 168 Å². The number of hydrogen-bond donors (Lipinski definition) is 1. The van der Waals surface area contributed by atoms with Crippen LogP contribution >= 0.6 is 0 Å². The van der Waals surface area contributed by atoms with Gasteiger partial charge in [0.1, 0.15) is 22.2 Å². The highest BCUT2D eigenvalue weighted by molar-refractivity contribution is 7.90. The maximum Gasteiger partial charge on any atom is 0.193 e. The molecule has 9 heteroatoms. The van der Waals surface area contributed by atoms with Crippen LogP contribution in [-0.4, -0.2) is 102 Å². The van der Waals surface area contributed by atoms with Crippen molar-refractivity contribution in [1.29, 1.82) is 0 Å². The number of benzene rings is 1. The summed E-state index contributed by atoms with van der Waals surface area (Å²) in [5, 5.41) is 3.27. The summed E-state index contributed by atoms with van der Waals surface area (Å²) in [5.41, 5.74) is 0. The summed E-state index contributed by atoms with van der Waals surface area (Å²) in [6.07, 6.45) is 1.21. The van der Waals surface area contributed by atoms with Crippen molar-refractivity contribution in [2.24, 2.45) is 4.99 Å². The zero-order valence-electron chi connectivity index (χ0n) is 16.8. The van der Waals surface area contributed by atoms with Crippen LogP contribution in [0.4, 0.5) is 0 Å². The van der Waals surface area contributed by atoms with E-state index in [4.69, 9.17) is 9.47 Å². The molecule has 28 heavy (non-hydrogen) atoms. The average molecular weight is 413 g/mol. The Kier molecular flexibility index (Phi) is 9.52. The molecular weight excluding hydrogens is 380 g/mol. The molecule has 158 valence electrons. The van der Waals surface area contributed by atoms with Gasteiger partial charge >= 0.3 is 0 Å². The Morgan fingerprint density at radius 3 is 2.46 bits per heavy atom. The van der Waals surface area contributed by atoms with Gasteiger partial charge in [0.05, 0.1) is 19.0 Å². The highest BCUT2D eigenvalue weighted by Gasteiger charge is 2.19. The van der Waals surface area contributed by atoms with Gasteiger partial charge in [-0.1, -0.05) is 18.2 Å². The highest BCUT2D eigenvalue weighted by atomic mass is 32.2. The number of piperazine rings is 1. The normalized spacial score (nSPS) is 16.2. The van der Waals surface area contributed by atoms with Crippen LogP contribution in [0.15, 0.2) is 35.3 Å². The Bertz CT molecular complexity index is 689. The van der Waals surface area contributed by atoms with Crippen molar-refractivity contribution >= 4 is 15.8 Å². The van der Waals surface area contributed by atoms with Crippen LogP contribution in [-0.2, 0) is 14.6 Å². The Hall–Kier alpha value is -1.84. The van der Waals surface area contributed by atoms with Gasteiger partial charge in [-0.25, -0.2) is 8.42 Å². The number of para-hydroxylation sites is 1. The number of guanidine groups is 1. The van der Waals surface area contributed by atoms with Crippen molar-refractivity contribution in [2.45, 2.75) is 0 Å². The van der Waals surface area contributed by atoms with E-state index >= 15 is 0 Å². The van der Waals surface area contributed by atoms with Gasteiger partial charge in [-0.2, -0.15) is 0 Å². The third-order valence-electron chi connectivity index (χ3n) is 4.43. The molecule has 0 amide bonds. The monoisotopic (exact) mass is 412 g/mol. The van der Waals surface area contributed by atoms with Crippen LogP contribution in [0.3, 0.4) is 0 Å². The van der Waals surface area contributed by atoms with Crippen LogP contribution in [0.2, 0.25) is 0 Å². The number of aliphatic imine (C=N–C) groups is 1. The summed E-state index contributed by atoms with van der Waals surface area (Å²) in [6.45, 7) is 6.59. The van der Waals surface area contributed by atoms with Crippen LogP contribution in [0, 0.1) is 0 Å². The molecule has 2 rings (SSSR count). The number of nitrogens with one attached hydrogen (secondary N) is 1. The molecule has 1 aromatic carbocycles. The predicted octanol–water partition coefficient (Wildman–Crippen LogP) is 0.320. The summed E-state index contributed by atoms with van der Waals surface area (Å²) in [4.78, 5) is 8.95. The number of rotatable bonds is 10. The van der Waals surface area contributed by atoms with E-state index in [-0.39, 0.29) is 12.4 Å². The lowest BCUT2D eigenvalue weighted by Gasteiger charge is -2.36. The van der Waals surface area contributed by atoms with Crippen molar-refractivity contribution < 1.29 is 17.9 Å². The maximum atomic E-state index is 11.1. The van der Waals surface area contributed by atoms with Gasteiger partial charge in [0.15, 0.2) is 5.96 Å². The fourth-order valence-corrected chi connectivity index (χ4v) is 3.29. The molecule has 0 unspecified atom stereocenters. The maximum absolute atomic E-state index is 11.1. The number of hydrogen-bond acceptors (Lipinski definition) is 6. The lowest BCUT2D eigenvalue weighted by Crippen LogP contribution is -2.53. The molecule has 1 aromatic rings. The molecule has 0 aliphatic carbocycles. The zero-order valence-corrected chi connectivity index (χ0v) is 17.7. The molecular formula is C19H32N4O4S. The Morgan fingerprint density at radius 2 is 1.82 bits per heavy atom. The second kappa shape index (κ2) is 11.9. The van der Waals surface area contributed by atoms with Gasteiger partial charge in [-0.05, 0) is 12.1 Å². The van der Waals surface area contributed by atoms with Crippen LogP contribution < -0.4 is 10.1 Å². The van der Waals surface area contributed by atoms with Crippen molar-refractivity contribution in [3.05, 3.63) is 30.3 Å². The molecule has 1 N–H and O–H groups in total. The first-order valence-electron chi connectivity index (χ1n) is 9.59. The zero-order chi connectivity index (χ0) is 20.2. The molecule has 0 bridgehead atoms. The molecule has 0 aromatic heterocycles. The van der Waals surface area contributed by atoms with Gasteiger partial charge in [-0.3, -0.25) is 9.89 Å². The highest BCUT2D eigenvalue weighted by Crippen LogP contribution is 2.08. The first-order valence-corrected chi connectivity index (χ1v) is 11.7. The van der Waals surface area contributed by atoms with Crippen LogP contribution in [0.25, 0.3) is 0 Å². The minimum absolute atomic E-state index is 0.0532. The third-order valence-corrected chi connectivity index (χ3v) is 5.34. The summed E-state index contributed by atoms with van der Waals surface area (Å²) >= 11 is 0. The van der Waals surface area contributed by atoms with Crippen LogP contribution in [0.5, 0.6) is 5.75 Å². The molecule has 0 atom stereocenters. The number of sulfone groups is 1. The summed E-state index contributed by atoms with van der Waals surface area (Å²) in [5.74, 6) is 1.81. The van der Waals surface area contributed by atoms with Gasteiger partial charge in [-0.15, -0.1) is 0 Å². The summed E-state index contributed by atoms with van der Waals surface area (Å²) in [7, 11) is -1.20. The standard InChI is InChI=1S/C19H32N4O4S/c1-20-19(21-8-14-26-16-17-28(2,24)25)23-11-9-22(10-12-23)13-15-27-18-6-4-3-5-7-18/h3-7H,8-17H2,1-2H3,(H,20,21). The topological polar surface area (TPSA) is 83.5 Å². The van der Waals surface area contributed by atoms with E-state index < -0.39 is 9.84 Å². The molecule has 0 spiro atoms. The number of nitrogens with zero attached hydrogens (tertiary/aromatic N) is 3. The van der Waals surface area contributed by atoms with E-state index in [2.05, 4.69) is 20.1 Å². The fourth-order valence-electron chi connectivity index (χ4n) is 2.87. The molecule has 1 fully saturated rings. The van der Waals surface area contributed by atoms with Crippen molar-refractivity contribution in [3.63, 3.8) is 0 Å². The third kappa shape index (κ3) is 8.90. The SMILES string of the molecule is CN=C(NCCOCCS(C)(=O)=O)N1CCN(CCOc2ccccc2)CC1.